The zero-order valence-electron chi connectivity index (χ0n) is 11.8. The molecule has 0 saturated carbocycles. The summed E-state index contributed by atoms with van der Waals surface area (Å²) in [7, 11) is 0. The Balaban J connectivity index is 1.60. The third kappa shape index (κ3) is 3.31. The average molecular weight is 319 g/mol. The summed E-state index contributed by atoms with van der Waals surface area (Å²) in [5, 5.41) is 3.42. The molecule has 0 aliphatic carbocycles. The lowest BCUT2D eigenvalue weighted by Crippen LogP contribution is -2.27. The number of amides is 2. The summed E-state index contributed by atoms with van der Waals surface area (Å²) in [5.41, 5.74) is 0.673. The number of nitrogens with one attached hydrogen (secondary N) is 1. The van der Waals surface area contributed by atoms with E-state index in [0.717, 1.165) is 0 Å². The zero-order chi connectivity index (χ0) is 15.5. The van der Waals surface area contributed by atoms with Gasteiger partial charge < -0.3 is 14.6 Å². The van der Waals surface area contributed by atoms with Crippen LogP contribution >= 0.6 is 11.6 Å². The molecule has 2 heterocycles. The lowest BCUT2D eigenvalue weighted by molar-refractivity contribution is -0.128. The van der Waals surface area contributed by atoms with Gasteiger partial charge >= 0.3 is 0 Å². The van der Waals surface area contributed by atoms with Crippen molar-refractivity contribution in [3.8, 4) is 0 Å². The highest BCUT2D eigenvalue weighted by Crippen LogP contribution is 2.22. The third-order valence-corrected chi connectivity index (χ3v) is 3.88. The first-order valence-electron chi connectivity index (χ1n) is 6.98. The van der Waals surface area contributed by atoms with E-state index in [9.17, 15) is 9.59 Å². The van der Waals surface area contributed by atoms with Crippen LogP contribution in [0.1, 0.15) is 12.2 Å². The van der Waals surface area contributed by atoms with Crippen molar-refractivity contribution in [3.05, 3.63) is 53.4 Å². The van der Waals surface area contributed by atoms with Crippen molar-refractivity contribution in [1.29, 1.82) is 0 Å². The van der Waals surface area contributed by atoms with Gasteiger partial charge in [-0.15, -0.1) is 0 Å². The van der Waals surface area contributed by atoms with Crippen LogP contribution in [0, 0.1) is 5.92 Å². The molecule has 0 spiro atoms. The van der Waals surface area contributed by atoms with Crippen LogP contribution in [0.3, 0.4) is 0 Å². The smallest absolute Gasteiger partial charge is 0.229 e. The van der Waals surface area contributed by atoms with E-state index in [1.54, 1.807) is 41.5 Å². The molecule has 1 atom stereocenters. The Morgan fingerprint density at radius 2 is 2.09 bits per heavy atom. The van der Waals surface area contributed by atoms with Gasteiger partial charge in [0.15, 0.2) is 0 Å². The molecule has 1 saturated heterocycles. The first-order valence-corrected chi connectivity index (χ1v) is 7.36. The Morgan fingerprint density at radius 3 is 2.77 bits per heavy atom. The van der Waals surface area contributed by atoms with Crippen LogP contribution in [0.25, 0.3) is 0 Å². The van der Waals surface area contributed by atoms with Gasteiger partial charge in [-0.1, -0.05) is 11.6 Å². The minimum Gasteiger partial charge on any atom is -0.467 e. The molecule has 0 radical (unpaired) electrons. The topological polar surface area (TPSA) is 62.6 Å². The van der Waals surface area contributed by atoms with Crippen molar-refractivity contribution in [2.45, 2.75) is 13.0 Å². The van der Waals surface area contributed by atoms with Crippen LogP contribution in [-0.4, -0.2) is 23.3 Å². The number of carbonyl (C=O) groups is 2. The van der Waals surface area contributed by atoms with E-state index in [2.05, 4.69) is 5.32 Å². The van der Waals surface area contributed by atoms with Crippen LogP contribution in [0.4, 0.5) is 5.69 Å². The Labute approximate surface area is 132 Å². The van der Waals surface area contributed by atoms with Crippen molar-refractivity contribution in [3.63, 3.8) is 0 Å². The van der Waals surface area contributed by atoms with Crippen molar-refractivity contribution in [2.24, 2.45) is 5.92 Å². The van der Waals surface area contributed by atoms with E-state index >= 15 is 0 Å². The number of furan rings is 1. The van der Waals surface area contributed by atoms with Crippen LogP contribution < -0.4 is 5.32 Å². The fourth-order valence-electron chi connectivity index (χ4n) is 2.47. The molecule has 2 aromatic rings. The molecule has 22 heavy (non-hydrogen) atoms. The number of nitrogens with zero attached hydrogens (tertiary/aromatic N) is 1. The maximum atomic E-state index is 12.2. The molecule has 1 unspecified atom stereocenters. The van der Waals surface area contributed by atoms with E-state index in [0.29, 0.717) is 29.6 Å². The molecular formula is C16H15ClN2O3. The van der Waals surface area contributed by atoms with Crippen LogP contribution in [0.2, 0.25) is 5.02 Å². The third-order valence-electron chi connectivity index (χ3n) is 3.62. The predicted octanol–water partition coefficient (Wildman–Crippen LogP) is 2.92. The van der Waals surface area contributed by atoms with E-state index in [4.69, 9.17) is 16.0 Å². The average Bonchev–Trinajstić information content (AvgIpc) is 3.13. The van der Waals surface area contributed by atoms with Crippen LogP contribution in [0.5, 0.6) is 0 Å². The van der Waals surface area contributed by atoms with Gasteiger partial charge in [0.2, 0.25) is 11.8 Å². The summed E-state index contributed by atoms with van der Waals surface area (Å²) in [6, 6.07) is 10.5. The number of hydrogen-bond acceptors (Lipinski definition) is 3. The summed E-state index contributed by atoms with van der Waals surface area (Å²) in [6.07, 6.45) is 1.79. The van der Waals surface area contributed by atoms with Crippen molar-refractivity contribution in [2.75, 3.05) is 11.9 Å². The zero-order valence-corrected chi connectivity index (χ0v) is 12.5. The molecule has 2 amide bonds. The van der Waals surface area contributed by atoms with Gasteiger partial charge in [0, 0.05) is 23.7 Å². The Hall–Kier alpha value is -2.27. The molecule has 1 aliphatic heterocycles. The molecule has 114 valence electrons. The molecule has 1 aliphatic rings. The molecule has 3 rings (SSSR count). The summed E-state index contributed by atoms with van der Waals surface area (Å²) in [5.74, 6) is 0.176. The van der Waals surface area contributed by atoms with E-state index in [1.807, 2.05) is 6.07 Å². The number of anilines is 1. The second kappa shape index (κ2) is 6.23. The van der Waals surface area contributed by atoms with Crippen molar-refractivity contribution >= 4 is 29.1 Å². The Bertz CT molecular complexity index is 667. The minimum absolute atomic E-state index is 0.0346. The summed E-state index contributed by atoms with van der Waals surface area (Å²) in [4.78, 5) is 25.9. The lowest BCUT2D eigenvalue weighted by atomic mass is 10.1. The highest BCUT2D eigenvalue weighted by Gasteiger charge is 2.34. The van der Waals surface area contributed by atoms with Gasteiger partial charge in [-0.05, 0) is 36.4 Å². The Kier molecular flexibility index (Phi) is 4.15. The molecule has 5 nitrogen and oxygen atoms in total. The summed E-state index contributed by atoms with van der Waals surface area (Å²) < 4.78 is 5.24. The SMILES string of the molecule is O=C(Nc1ccc(Cl)cc1)C1CC(=O)N(Cc2ccco2)C1. The van der Waals surface area contributed by atoms with E-state index < -0.39 is 0 Å². The lowest BCUT2D eigenvalue weighted by Gasteiger charge is -2.15. The molecule has 0 bridgehead atoms. The number of halogens is 1. The van der Waals surface area contributed by atoms with Crippen LogP contribution in [0.15, 0.2) is 47.1 Å². The largest absolute Gasteiger partial charge is 0.467 e. The number of likely N-dealkylation sites (tertiary alicyclic amines) is 1. The van der Waals surface area contributed by atoms with Gasteiger partial charge in [0.1, 0.15) is 5.76 Å². The Morgan fingerprint density at radius 1 is 1.32 bits per heavy atom. The van der Waals surface area contributed by atoms with Gasteiger partial charge in [0.05, 0.1) is 18.7 Å². The fraction of sp³-hybridized carbons (Fsp3) is 0.250. The first-order chi connectivity index (χ1) is 10.6. The number of rotatable bonds is 4. The summed E-state index contributed by atoms with van der Waals surface area (Å²) >= 11 is 5.81. The molecule has 1 aromatic heterocycles. The highest BCUT2D eigenvalue weighted by molar-refractivity contribution is 6.30. The second-order valence-corrected chi connectivity index (χ2v) is 5.69. The fourth-order valence-corrected chi connectivity index (χ4v) is 2.59. The molecular weight excluding hydrogens is 304 g/mol. The van der Waals surface area contributed by atoms with E-state index in [1.165, 1.54) is 0 Å². The highest BCUT2D eigenvalue weighted by atomic mass is 35.5. The molecule has 1 N–H and O–H groups in total. The second-order valence-electron chi connectivity index (χ2n) is 5.25. The van der Waals surface area contributed by atoms with Gasteiger partial charge in [-0.25, -0.2) is 0 Å². The minimum atomic E-state index is -0.349. The standard InChI is InChI=1S/C16H15ClN2O3/c17-12-3-5-13(6-4-12)18-16(21)11-8-15(20)19(9-11)10-14-2-1-7-22-14/h1-7,11H,8-10H2,(H,18,21). The van der Waals surface area contributed by atoms with Gasteiger partial charge in [-0.3, -0.25) is 9.59 Å². The molecule has 1 fully saturated rings. The first kappa shape index (κ1) is 14.7. The maximum Gasteiger partial charge on any atom is 0.229 e. The monoisotopic (exact) mass is 318 g/mol. The number of carbonyl (C=O) groups excluding carboxylic acids is 2. The van der Waals surface area contributed by atoms with Gasteiger partial charge in [0.25, 0.3) is 0 Å². The maximum absolute atomic E-state index is 12.2. The van der Waals surface area contributed by atoms with Crippen LogP contribution in [-0.2, 0) is 16.1 Å². The molecule has 6 heteroatoms. The predicted molar refractivity (Wildman–Crippen MR) is 82.3 cm³/mol. The summed E-state index contributed by atoms with van der Waals surface area (Å²) in [6.45, 7) is 0.801. The van der Waals surface area contributed by atoms with E-state index in [-0.39, 0.29) is 24.2 Å². The molecule has 1 aromatic carbocycles. The normalized spacial score (nSPS) is 17.8. The number of benzene rings is 1. The van der Waals surface area contributed by atoms with Crippen molar-refractivity contribution < 1.29 is 14.0 Å². The van der Waals surface area contributed by atoms with Gasteiger partial charge in [-0.2, -0.15) is 0 Å². The van der Waals surface area contributed by atoms with Crippen molar-refractivity contribution in [1.82, 2.24) is 4.90 Å². The quantitative estimate of drug-likeness (QED) is 0.942. The number of hydrogen-bond donors (Lipinski definition) is 1.